The quantitative estimate of drug-likeness (QED) is 0.793. The molecule has 0 aliphatic carbocycles. The van der Waals surface area contributed by atoms with Crippen LogP contribution in [-0.4, -0.2) is 29.3 Å². The van der Waals surface area contributed by atoms with E-state index in [-0.39, 0.29) is 18.2 Å². The summed E-state index contributed by atoms with van der Waals surface area (Å²) in [6.07, 6.45) is 0.0230. The molecule has 0 saturated carbocycles. The Morgan fingerprint density at radius 3 is 2.78 bits per heavy atom. The summed E-state index contributed by atoms with van der Waals surface area (Å²) in [6, 6.07) is 12.7. The third kappa shape index (κ3) is 4.81. The van der Waals surface area contributed by atoms with E-state index in [1.165, 1.54) is 18.9 Å². The number of benzene rings is 2. The fourth-order valence-electron chi connectivity index (χ4n) is 2.51. The number of halogens is 1. The van der Waals surface area contributed by atoms with E-state index in [9.17, 15) is 9.59 Å². The minimum atomic E-state index is -0.535. The lowest BCUT2D eigenvalue weighted by molar-refractivity contribution is -0.122. The Labute approximate surface area is 166 Å². The normalized spacial score (nSPS) is 17.7. The van der Waals surface area contributed by atoms with Crippen molar-refractivity contribution in [2.24, 2.45) is 4.99 Å². The van der Waals surface area contributed by atoms with Gasteiger partial charge in [0.1, 0.15) is 11.0 Å². The lowest BCUT2D eigenvalue weighted by Gasteiger charge is -2.13. The predicted octanol–water partition coefficient (Wildman–Crippen LogP) is 3.90. The van der Waals surface area contributed by atoms with Crippen LogP contribution in [0.3, 0.4) is 0 Å². The number of anilines is 1. The second-order valence-electron chi connectivity index (χ2n) is 5.90. The second kappa shape index (κ2) is 8.45. The lowest BCUT2D eigenvalue weighted by atomic mass is 10.2. The van der Waals surface area contributed by atoms with Crippen molar-refractivity contribution in [1.29, 1.82) is 0 Å². The van der Waals surface area contributed by atoms with E-state index in [1.807, 2.05) is 37.3 Å². The Morgan fingerprint density at radius 1 is 1.33 bits per heavy atom. The number of amidine groups is 1. The number of carbonyl (C=O) groups is 2. The molecule has 1 atom stereocenters. The number of para-hydroxylation sites is 1. The van der Waals surface area contributed by atoms with Crippen LogP contribution in [-0.2, 0) is 9.59 Å². The molecule has 1 fully saturated rings. The number of hydrogen-bond donors (Lipinski definition) is 2. The highest BCUT2D eigenvalue weighted by molar-refractivity contribution is 8.15. The molecule has 2 N–H and O–H groups in total. The van der Waals surface area contributed by atoms with Crippen LogP contribution in [0.5, 0.6) is 5.75 Å². The maximum absolute atomic E-state index is 12.4. The van der Waals surface area contributed by atoms with Gasteiger partial charge in [0, 0.05) is 17.5 Å². The molecule has 0 bridgehead atoms. The Bertz CT molecular complexity index is 903. The topological polar surface area (TPSA) is 79.8 Å². The van der Waals surface area contributed by atoms with E-state index in [0.29, 0.717) is 21.6 Å². The van der Waals surface area contributed by atoms with Gasteiger partial charge in [-0.25, -0.2) is 4.99 Å². The van der Waals surface area contributed by atoms with Gasteiger partial charge in [-0.15, -0.1) is 0 Å². The monoisotopic (exact) mass is 403 g/mol. The van der Waals surface area contributed by atoms with E-state index in [2.05, 4.69) is 15.6 Å². The van der Waals surface area contributed by atoms with E-state index < -0.39 is 5.25 Å². The van der Waals surface area contributed by atoms with Crippen molar-refractivity contribution in [3.05, 3.63) is 53.1 Å². The van der Waals surface area contributed by atoms with Crippen LogP contribution >= 0.6 is 23.4 Å². The van der Waals surface area contributed by atoms with Gasteiger partial charge in [-0.2, -0.15) is 0 Å². The maximum atomic E-state index is 12.4. The number of aryl methyl sites for hydroxylation is 1. The van der Waals surface area contributed by atoms with Gasteiger partial charge in [0.15, 0.2) is 5.17 Å². The molecule has 2 aromatic carbocycles. The highest BCUT2D eigenvalue weighted by atomic mass is 35.5. The first-order valence-electron chi connectivity index (χ1n) is 8.21. The highest BCUT2D eigenvalue weighted by Crippen LogP contribution is 2.32. The summed E-state index contributed by atoms with van der Waals surface area (Å²) >= 11 is 7.32. The van der Waals surface area contributed by atoms with Gasteiger partial charge < -0.3 is 15.4 Å². The molecule has 0 spiro atoms. The predicted molar refractivity (Wildman–Crippen MR) is 109 cm³/mol. The molecule has 8 heteroatoms. The molecule has 0 radical (unpaired) electrons. The van der Waals surface area contributed by atoms with Crippen molar-refractivity contribution in [2.75, 3.05) is 12.4 Å². The number of amides is 2. The fourth-order valence-corrected chi connectivity index (χ4v) is 3.65. The number of carbonyl (C=O) groups excluding carboxylic acids is 2. The average molecular weight is 404 g/mol. The molecule has 2 amide bonds. The second-order valence-corrected chi connectivity index (χ2v) is 7.50. The molecular weight excluding hydrogens is 386 g/mol. The van der Waals surface area contributed by atoms with Gasteiger partial charge in [-0.3, -0.25) is 9.59 Å². The summed E-state index contributed by atoms with van der Waals surface area (Å²) in [5, 5.41) is 6.01. The molecule has 0 aromatic heterocycles. The zero-order valence-electron chi connectivity index (χ0n) is 14.8. The third-order valence-corrected chi connectivity index (χ3v) is 5.38. The lowest BCUT2D eigenvalue weighted by Crippen LogP contribution is -2.28. The largest absolute Gasteiger partial charge is 0.495 e. The summed E-state index contributed by atoms with van der Waals surface area (Å²) < 4.78 is 5.25. The summed E-state index contributed by atoms with van der Waals surface area (Å²) in [4.78, 5) is 28.9. The Hall–Kier alpha value is -2.51. The van der Waals surface area contributed by atoms with Crippen LogP contribution in [0, 0.1) is 6.92 Å². The van der Waals surface area contributed by atoms with Crippen molar-refractivity contribution in [3.63, 3.8) is 0 Å². The number of methoxy groups -OCH3 is 1. The van der Waals surface area contributed by atoms with Crippen molar-refractivity contribution >= 4 is 51.7 Å². The molecule has 140 valence electrons. The number of ether oxygens (including phenoxy) is 1. The van der Waals surface area contributed by atoms with Crippen molar-refractivity contribution in [3.8, 4) is 5.75 Å². The Morgan fingerprint density at radius 2 is 2.07 bits per heavy atom. The molecule has 2 aromatic rings. The van der Waals surface area contributed by atoms with Crippen LogP contribution in [0.4, 0.5) is 11.4 Å². The molecule has 3 rings (SSSR count). The van der Waals surface area contributed by atoms with Gasteiger partial charge >= 0.3 is 0 Å². The molecule has 6 nitrogen and oxygen atoms in total. The molecule has 27 heavy (non-hydrogen) atoms. The zero-order valence-corrected chi connectivity index (χ0v) is 16.4. The van der Waals surface area contributed by atoms with E-state index in [4.69, 9.17) is 16.3 Å². The number of nitrogens with zero attached hydrogens (tertiary/aromatic N) is 1. The standard InChI is InChI=1S/C19H18ClN3O3S/c1-11-8-14(15(26-2)9-13(11)20)22-17(24)10-16-18(25)23-19(27-16)21-12-6-4-3-5-7-12/h3-9,16H,10H2,1-2H3,(H,22,24)(H,21,23,25)/t16-/m1/s1. The van der Waals surface area contributed by atoms with Crippen LogP contribution in [0.25, 0.3) is 0 Å². The zero-order chi connectivity index (χ0) is 19.4. The fraction of sp³-hybridized carbons (Fsp3) is 0.211. The van der Waals surface area contributed by atoms with Gasteiger partial charge in [0.05, 0.1) is 18.5 Å². The third-order valence-electron chi connectivity index (χ3n) is 3.89. The number of thioether (sulfide) groups is 1. The molecule has 1 saturated heterocycles. The SMILES string of the molecule is COc1cc(Cl)c(C)cc1NC(=O)C[C@H]1SC(=Nc2ccccc2)NC1=O. The first kappa shape index (κ1) is 19.3. The highest BCUT2D eigenvalue weighted by Gasteiger charge is 2.32. The molecular formula is C19H18ClN3O3S. The minimum absolute atomic E-state index is 0.0230. The number of aliphatic imine (C=N–C) groups is 1. The Balaban J connectivity index is 1.66. The summed E-state index contributed by atoms with van der Waals surface area (Å²) in [5.74, 6) is -0.0541. The van der Waals surface area contributed by atoms with E-state index in [0.717, 1.165) is 11.3 Å². The van der Waals surface area contributed by atoms with E-state index in [1.54, 1.807) is 12.1 Å². The van der Waals surface area contributed by atoms with Gasteiger partial charge in [0.2, 0.25) is 11.8 Å². The molecule has 1 heterocycles. The Kier molecular flexibility index (Phi) is 6.03. The van der Waals surface area contributed by atoms with Crippen molar-refractivity contribution in [2.45, 2.75) is 18.6 Å². The van der Waals surface area contributed by atoms with Crippen molar-refractivity contribution in [1.82, 2.24) is 5.32 Å². The smallest absolute Gasteiger partial charge is 0.240 e. The van der Waals surface area contributed by atoms with Crippen LogP contribution in [0.1, 0.15) is 12.0 Å². The maximum Gasteiger partial charge on any atom is 0.240 e. The van der Waals surface area contributed by atoms with Gasteiger partial charge in [0.25, 0.3) is 0 Å². The molecule has 1 aliphatic heterocycles. The summed E-state index contributed by atoms with van der Waals surface area (Å²) in [7, 11) is 1.50. The average Bonchev–Trinajstić information content (AvgIpc) is 2.97. The van der Waals surface area contributed by atoms with Crippen LogP contribution < -0.4 is 15.4 Å². The summed E-state index contributed by atoms with van der Waals surface area (Å²) in [5.41, 5.74) is 2.08. The first-order valence-corrected chi connectivity index (χ1v) is 9.47. The van der Waals surface area contributed by atoms with Crippen molar-refractivity contribution < 1.29 is 14.3 Å². The van der Waals surface area contributed by atoms with Crippen LogP contribution in [0.2, 0.25) is 5.02 Å². The van der Waals surface area contributed by atoms with Gasteiger partial charge in [-0.1, -0.05) is 41.6 Å². The number of hydrogen-bond acceptors (Lipinski definition) is 5. The number of rotatable bonds is 5. The molecule has 0 unspecified atom stereocenters. The summed E-state index contributed by atoms with van der Waals surface area (Å²) in [6.45, 7) is 1.84. The van der Waals surface area contributed by atoms with E-state index >= 15 is 0 Å². The first-order chi connectivity index (χ1) is 13.0. The van der Waals surface area contributed by atoms with Crippen LogP contribution in [0.15, 0.2) is 47.5 Å². The van der Waals surface area contributed by atoms with Gasteiger partial charge in [-0.05, 0) is 30.7 Å². The number of nitrogens with one attached hydrogen (secondary N) is 2. The molecule has 1 aliphatic rings. The minimum Gasteiger partial charge on any atom is -0.495 e.